The van der Waals surface area contributed by atoms with E-state index in [0.717, 1.165) is 18.7 Å². The molecule has 0 amide bonds. The molecule has 3 aromatic rings. The molecule has 2 N–H and O–H groups in total. The molecule has 9 heteroatoms. The Morgan fingerprint density at radius 3 is 2.46 bits per heavy atom. The van der Waals surface area contributed by atoms with Gasteiger partial charge < -0.3 is 20.1 Å². The standard InChI is InChI=1S/C26H31FN6O2/c1-25-8-5-9-26(2,32-25)14-17(13-25)33(3)23-7-6-21(29-30-23)19-11-20(27)18(12-22(19)34)16-10-24(35-4)31-28-15-16/h6-7,10-12,15,17,32,34H,5,8-9,13-14H2,1-4H3/t17-,25-,26+. The molecule has 2 aliphatic heterocycles. The summed E-state index contributed by atoms with van der Waals surface area (Å²) in [7, 11) is 3.52. The Morgan fingerprint density at radius 1 is 1.06 bits per heavy atom. The summed E-state index contributed by atoms with van der Waals surface area (Å²) in [6.07, 6.45) is 7.13. The number of nitrogens with one attached hydrogen (secondary N) is 1. The molecule has 2 aliphatic rings. The van der Waals surface area contributed by atoms with Crippen molar-refractivity contribution >= 4 is 5.82 Å². The smallest absolute Gasteiger partial charge is 0.233 e. The Labute approximate surface area is 204 Å². The molecule has 2 saturated heterocycles. The van der Waals surface area contributed by atoms with E-state index in [1.54, 1.807) is 12.1 Å². The first-order valence-electron chi connectivity index (χ1n) is 11.9. The molecule has 1 aromatic carbocycles. The minimum atomic E-state index is -0.515. The van der Waals surface area contributed by atoms with Gasteiger partial charge in [-0.25, -0.2) is 4.39 Å². The number of anilines is 1. The fraction of sp³-hybridized carbons (Fsp3) is 0.462. The van der Waals surface area contributed by atoms with E-state index in [-0.39, 0.29) is 33.8 Å². The summed E-state index contributed by atoms with van der Waals surface area (Å²) in [5.41, 5.74) is 1.60. The van der Waals surface area contributed by atoms with Crippen molar-refractivity contribution in [3.05, 3.63) is 42.3 Å². The lowest BCUT2D eigenvalue weighted by Crippen LogP contribution is -2.66. The molecule has 0 unspecified atom stereocenters. The Bertz CT molecular complexity index is 1220. The van der Waals surface area contributed by atoms with Gasteiger partial charge in [0.2, 0.25) is 5.88 Å². The molecule has 184 valence electrons. The van der Waals surface area contributed by atoms with E-state index in [0.29, 0.717) is 17.3 Å². The zero-order valence-electron chi connectivity index (χ0n) is 20.5. The zero-order valence-corrected chi connectivity index (χ0v) is 20.5. The summed E-state index contributed by atoms with van der Waals surface area (Å²) in [6, 6.07) is 8.19. The first kappa shape index (κ1) is 23.4. The van der Waals surface area contributed by atoms with Gasteiger partial charge in [-0.2, -0.15) is 5.10 Å². The molecule has 8 nitrogen and oxygen atoms in total. The molecular weight excluding hydrogens is 447 g/mol. The van der Waals surface area contributed by atoms with Gasteiger partial charge in [0.1, 0.15) is 11.6 Å². The maximum atomic E-state index is 15.0. The van der Waals surface area contributed by atoms with Gasteiger partial charge in [0, 0.05) is 46.9 Å². The van der Waals surface area contributed by atoms with E-state index < -0.39 is 5.82 Å². The average molecular weight is 479 g/mol. The highest BCUT2D eigenvalue weighted by molar-refractivity contribution is 5.75. The molecule has 2 fully saturated rings. The number of aromatic nitrogens is 4. The van der Waals surface area contributed by atoms with Crippen molar-refractivity contribution in [1.82, 2.24) is 25.7 Å². The van der Waals surface area contributed by atoms with E-state index in [4.69, 9.17) is 4.74 Å². The summed E-state index contributed by atoms with van der Waals surface area (Å²) in [5, 5.41) is 30.9. The maximum Gasteiger partial charge on any atom is 0.233 e. The fourth-order valence-electron chi connectivity index (χ4n) is 5.84. The third kappa shape index (κ3) is 4.52. The van der Waals surface area contributed by atoms with Crippen molar-refractivity contribution in [2.45, 2.75) is 63.1 Å². The van der Waals surface area contributed by atoms with Gasteiger partial charge >= 0.3 is 0 Å². The van der Waals surface area contributed by atoms with Crippen molar-refractivity contribution < 1.29 is 14.2 Å². The molecule has 0 aliphatic carbocycles. The van der Waals surface area contributed by atoms with Gasteiger partial charge in [-0.05, 0) is 70.2 Å². The predicted octanol–water partition coefficient (Wildman–Crippen LogP) is 4.34. The van der Waals surface area contributed by atoms with Crippen LogP contribution in [0.15, 0.2) is 36.5 Å². The van der Waals surface area contributed by atoms with E-state index in [9.17, 15) is 5.11 Å². The summed E-state index contributed by atoms with van der Waals surface area (Å²) in [4.78, 5) is 2.20. The number of phenolic OH excluding ortho intramolecular Hbond substituents is 1. The number of halogens is 1. The molecular formula is C26H31FN6O2. The lowest BCUT2D eigenvalue weighted by atomic mass is 9.69. The summed E-state index contributed by atoms with van der Waals surface area (Å²) in [5.74, 6) is 0.409. The number of methoxy groups -OCH3 is 1. The number of rotatable bonds is 5. The van der Waals surface area contributed by atoms with Crippen molar-refractivity contribution in [1.29, 1.82) is 0 Å². The Kier molecular flexibility index (Phi) is 5.83. The van der Waals surface area contributed by atoms with E-state index >= 15 is 4.39 Å². The monoisotopic (exact) mass is 478 g/mol. The minimum Gasteiger partial charge on any atom is -0.507 e. The SMILES string of the molecule is COc1cc(-c2cc(O)c(-c3ccc(N(C)[C@H]4C[C@]5(C)CCC[C@](C)(C4)N5)nn3)cc2F)cnn1. The van der Waals surface area contributed by atoms with Crippen LogP contribution < -0.4 is 15.0 Å². The number of hydrogen-bond donors (Lipinski definition) is 2. The molecule has 35 heavy (non-hydrogen) atoms. The third-order valence-corrected chi connectivity index (χ3v) is 7.51. The van der Waals surface area contributed by atoms with Crippen LogP contribution in [0.4, 0.5) is 10.2 Å². The second-order valence-electron chi connectivity index (χ2n) is 10.4. The number of ether oxygens (including phenoxy) is 1. The number of aromatic hydroxyl groups is 1. The lowest BCUT2D eigenvalue weighted by molar-refractivity contribution is 0.0784. The molecule has 2 bridgehead atoms. The number of benzene rings is 1. The highest BCUT2D eigenvalue weighted by Gasteiger charge is 2.46. The van der Waals surface area contributed by atoms with Gasteiger partial charge in [-0.15, -0.1) is 15.3 Å². The van der Waals surface area contributed by atoms with Crippen molar-refractivity contribution in [2.75, 3.05) is 19.1 Å². The normalized spacial score (nSPS) is 25.8. The number of phenols is 1. The Balaban J connectivity index is 1.38. The number of nitrogens with zero attached hydrogens (tertiary/aromatic N) is 5. The van der Waals surface area contributed by atoms with E-state index in [1.807, 2.05) is 6.07 Å². The number of fused-ring (bicyclic) bond motifs is 2. The van der Waals surface area contributed by atoms with Crippen LogP contribution >= 0.6 is 0 Å². The second kappa shape index (κ2) is 8.71. The zero-order chi connectivity index (χ0) is 24.8. The van der Waals surface area contributed by atoms with Gasteiger partial charge in [0.25, 0.3) is 0 Å². The molecule has 0 spiro atoms. The highest BCUT2D eigenvalue weighted by Crippen LogP contribution is 2.42. The molecule has 4 heterocycles. The van der Waals surface area contributed by atoms with E-state index in [2.05, 4.69) is 51.5 Å². The molecule has 0 radical (unpaired) electrons. The van der Waals surface area contributed by atoms with Crippen molar-refractivity contribution in [3.63, 3.8) is 0 Å². The molecule has 3 atom stereocenters. The minimum absolute atomic E-state index is 0.0976. The van der Waals surface area contributed by atoms with Crippen LogP contribution in [0.2, 0.25) is 0 Å². The average Bonchev–Trinajstić information content (AvgIpc) is 2.83. The molecule has 0 saturated carbocycles. The first-order chi connectivity index (χ1) is 16.7. The maximum absolute atomic E-state index is 15.0. The quantitative estimate of drug-likeness (QED) is 0.559. The number of piperidine rings is 2. The van der Waals surface area contributed by atoms with Gasteiger partial charge in [-0.3, -0.25) is 0 Å². The van der Waals surface area contributed by atoms with Crippen LogP contribution in [0.1, 0.15) is 46.0 Å². The summed E-state index contributed by atoms with van der Waals surface area (Å²) in [6.45, 7) is 4.64. The molecule has 2 aromatic heterocycles. The largest absolute Gasteiger partial charge is 0.507 e. The van der Waals surface area contributed by atoms with Crippen LogP contribution in [0.3, 0.4) is 0 Å². The topological polar surface area (TPSA) is 96.3 Å². The number of hydrogen-bond acceptors (Lipinski definition) is 8. The Hall–Kier alpha value is -3.33. The second-order valence-corrected chi connectivity index (χ2v) is 10.4. The van der Waals surface area contributed by atoms with Crippen LogP contribution in [0, 0.1) is 5.82 Å². The fourth-order valence-corrected chi connectivity index (χ4v) is 5.84. The van der Waals surface area contributed by atoms with Crippen molar-refractivity contribution in [3.8, 4) is 34.0 Å². The Morgan fingerprint density at radius 2 is 1.80 bits per heavy atom. The van der Waals surface area contributed by atoms with Gasteiger partial charge in [0.15, 0.2) is 5.82 Å². The van der Waals surface area contributed by atoms with Crippen LogP contribution in [-0.2, 0) is 0 Å². The van der Waals surface area contributed by atoms with Gasteiger partial charge in [-0.1, -0.05) is 0 Å². The van der Waals surface area contributed by atoms with E-state index in [1.165, 1.54) is 44.7 Å². The van der Waals surface area contributed by atoms with Crippen LogP contribution in [-0.4, -0.2) is 56.8 Å². The highest BCUT2D eigenvalue weighted by atomic mass is 19.1. The van der Waals surface area contributed by atoms with Crippen molar-refractivity contribution in [2.24, 2.45) is 0 Å². The summed E-state index contributed by atoms with van der Waals surface area (Å²) < 4.78 is 20.1. The third-order valence-electron chi connectivity index (χ3n) is 7.51. The van der Waals surface area contributed by atoms with Gasteiger partial charge in [0.05, 0.1) is 19.0 Å². The summed E-state index contributed by atoms with van der Waals surface area (Å²) >= 11 is 0. The lowest BCUT2D eigenvalue weighted by Gasteiger charge is -2.55. The van der Waals surface area contributed by atoms with Crippen LogP contribution in [0.25, 0.3) is 22.4 Å². The predicted molar refractivity (Wildman–Crippen MR) is 132 cm³/mol. The van der Waals surface area contributed by atoms with Crippen LogP contribution in [0.5, 0.6) is 11.6 Å². The first-order valence-corrected chi connectivity index (χ1v) is 11.9. The molecule has 5 rings (SSSR count).